The second-order valence-electron chi connectivity index (χ2n) is 26.5. The van der Waals surface area contributed by atoms with Crippen molar-refractivity contribution in [2.75, 3.05) is 19.8 Å². The van der Waals surface area contributed by atoms with Crippen LogP contribution in [0.1, 0.15) is 329 Å². The van der Waals surface area contributed by atoms with Gasteiger partial charge in [-0.15, -0.1) is 0 Å². The van der Waals surface area contributed by atoms with E-state index in [0.29, 0.717) is 37.1 Å². The van der Waals surface area contributed by atoms with Gasteiger partial charge in [0.15, 0.2) is 11.5 Å². The topological polar surface area (TPSA) is 81.7 Å². The first kappa shape index (κ1) is 77.8. The minimum Gasteiger partial charge on any atom is -0.494 e. The van der Waals surface area contributed by atoms with E-state index in [1.54, 1.807) is 18.2 Å². The number of benzene rings is 5. The van der Waals surface area contributed by atoms with Gasteiger partial charge in [-0.05, 0) is 95.6 Å². The molecule has 0 aliphatic carbocycles. The highest BCUT2D eigenvalue weighted by molar-refractivity contribution is 5.91. The molecule has 0 saturated carbocycles. The van der Waals surface area contributed by atoms with Crippen LogP contribution in [0.15, 0.2) is 116 Å². The summed E-state index contributed by atoms with van der Waals surface area (Å²) in [6, 6.07) is 35.5. The highest BCUT2D eigenvalue weighted by Gasteiger charge is 2.21. The number of hydrogen-bond acceptors (Lipinski definition) is 8. The number of ether oxygens (including phenoxy) is 7. The van der Waals surface area contributed by atoms with Gasteiger partial charge in [0, 0.05) is 0 Å². The van der Waals surface area contributed by atoms with Crippen LogP contribution < -0.4 is 28.4 Å². The van der Waals surface area contributed by atoms with E-state index in [2.05, 4.69) is 27.4 Å². The Bertz CT molecular complexity index is 2470. The zero-order valence-corrected chi connectivity index (χ0v) is 59.1. The van der Waals surface area contributed by atoms with E-state index in [0.717, 1.165) is 64.3 Å². The molecule has 93 heavy (non-hydrogen) atoms. The molecule has 5 aromatic rings. The van der Waals surface area contributed by atoms with Crippen LogP contribution in [0.2, 0.25) is 0 Å². The highest BCUT2D eigenvalue weighted by atomic mass is 16.5. The zero-order chi connectivity index (χ0) is 65.5. The van der Waals surface area contributed by atoms with Crippen molar-refractivity contribution < 1.29 is 38.0 Å². The fourth-order valence-electron chi connectivity index (χ4n) is 12.0. The molecule has 0 bridgehead atoms. The Morgan fingerprint density at radius 2 is 0.548 bits per heavy atom. The minimum atomic E-state index is -0.505. The third-order valence-electron chi connectivity index (χ3n) is 18.1. The molecule has 0 spiro atoms. The summed E-state index contributed by atoms with van der Waals surface area (Å²) in [5.41, 5.74) is 4.99. The van der Waals surface area contributed by atoms with Crippen LogP contribution in [0.25, 0.3) is 6.08 Å². The molecule has 5 rings (SSSR count). The van der Waals surface area contributed by atoms with Crippen molar-refractivity contribution in [2.45, 2.75) is 317 Å². The van der Waals surface area contributed by atoms with E-state index >= 15 is 0 Å². The van der Waals surface area contributed by atoms with Gasteiger partial charge in [-0.3, -0.25) is 0 Å². The number of rotatable bonds is 61. The fourth-order valence-corrected chi connectivity index (χ4v) is 12.0. The van der Waals surface area contributed by atoms with Crippen LogP contribution in [0.5, 0.6) is 34.5 Å². The third kappa shape index (κ3) is 37.7. The van der Waals surface area contributed by atoms with Gasteiger partial charge in [-0.2, -0.15) is 0 Å². The van der Waals surface area contributed by atoms with Crippen LogP contribution in [0.4, 0.5) is 0 Å². The van der Waals surface area contributed by atoms with Gasteiger partial charge < -0.3 is 33.2 Å². The standard InChI is InChI=1S/C85H128O8/c1-5-9-12-15-18-21-24-27-30-33-36-39-42-45-64-87-79-58-52-75(53-59-79)69-90-82-67-78(85(86)93-72-74-50-48-73(8-4)49-51-74)68-83(91-70-76-54-60-80(61-55-76)88-65-46-43-40-37-34-31-28-25-22-19-16-13-10-6-2)84(82)92-71-77-56-62-81(63-57-77)89-66-47-44-41-38-35-32-29-26-23-20-17-14-11-7-3/h8,48-63,67-68H,4-7,9-47,64-66,69-72H2,1-3H3. The highest BCUT2D eigenvalue weighted by Crippen LogP contribution is 2.41. The Hall–Kier alpha value is -5.89. The molecular formula is C85H128O8. The van der Waals surface area contributed by atoms with E-state index in [1.807, 2.05) is 97.1 Å². The monoisotopic (exact) mass is 1280 g/mol. The normalized spacial score (nSPS) is 11.2. The lowest BCUT2D eigenvalue weighted by Gasteiger charge is -2.19. The summed E-state index contributed by atoms with van der Waals surface area (Å²) in [5, 5.41) is 0. The predicted molar refractivity (Wildman–Crippen MR) is 392 cm³/mol. The van der Waals surface area contributed by atoms with E-state index in [1.165, 1.54) is 250 Å². The van der Waals surface area contributed by atoms with Crippen molar-refractivity contribution in [3.63, 3.8) is 0 Å². The smallest absolute Gasteiger partial charge is 0.338 e. The summed E-state index contributed by atoms with van der Waals surface area (Å²) in [6.45, 7) is 13.6. The fraction of sp³-hybridized carbons (Fsp3) is 0.612. The Morgan fingerprint density at radius 3 is 0.828 bits per heavy atom. The van der Waals surface area contributed by atoms with Crippen LogP contribution in [0, 0.1) is 0 Å². The van der Waals surface area contributed by atoms with Gasteiger partial charge in [-0.25, -0.2) is 4.79 Å². The molecule has 0 aromatic heterocycles. The van der Waals surface area contributed by atoms with E-state index < -0.39 is 5.97 Å². The van der Waals surface area contributed by atoms with Crippen molar-refractivity contribution >= 4 is 12.0 Å². The molecule has 0 unspecified atom stereocenters. The molecule has 0 saturated heterocycles. The maximum Gasteiger partial charge on any atom is 0.338 e. The van der Waals surface area contributed by atoms with Gasteiger partial charge >= 0.3 is 5.97 Å². The average Bonchev–Trinajstić information content (AvgIpc) is 1.13. The third-order valence-corrected chi connectivity index (χ3v) is 18.1. The molecule has 0 N–H and O–H groups in total. The van der Waals surface area contributed by atoms with Crippen LogP contribution in [-0.2, 0) is 31.2 Å². The SMILES string of the molecule is C=Cc1ccc(COC(=O)c2cc(OCc3ccc(OCCCCCCCCCCCCCCCC)cc3)c(OCc3ccc(OCCCCCCCCCCCCCCCC)cc3)c(OCc3ccc(OCCCCCCCCCCCCCCCC)cc3)c2)cc1. The molecule has 516 valence electrons. The zero-order valence-electron chi connectivity index (χ0n) is 59.1. The molecule has 0 aliphatic heterocycles. The van der Waals surface area contributed by atoms with E-state index in [-0.39, 0.29) is 32.0 Å². The van der Waals surface area contributed by atoms with Crippen LogP contribution >= 0.6 is 0 Å². The Morgan fingerprint density at radius 1 is 0.301 bits per heavy atom. The first-order valence-corrected chi connectivity index (χ1v) is 38.1. The molecule has 5 aromatic carbocycles. The lowest BCUT2D eigenvalue weighted by atomic mass is 10.0. The van der Waals surface area contributed by atoms with Gasteiger partial charge in [-0.1, -0.05) is 345 Å². The van der Waals surface area contributed by atoms with Gasteiger partial charge in [0.1, 0.15) is 43.7 Å². The van der Waals surface area contributed by atoms with E-state index in [4.69, 9.17) is 33.2 Å². The molecule has 8 heteroatoms. The molecule has 0 radical (unpaired) electrons. The van der Waals surface area contributed by atoms with Crippen LogP contribution in [0.3, 0.4) is 0 Å². The van der Waals surface area contributed by atoms with Crippen molar-refractivity contribution in [1.29, 1.82) is 0 Å². The van der Waals surface area contributed by atoms with Gasteiger partial charge in [0.2, 0.25) is 5.75 Å². The maximum atomic E-state index is 14.1. The number of esters is 1. The van der Waals surface area contributed by atoms with Gasteiger partial charge in [0.05, 0.1) is 25.4 Å². The lowest BCUT2D eigenvalue weighted by Crippen LogP contribution is -2.09. The average molecular weight is 1280 g/mol. The number of hydrogen-bond donors (Lipinski definition) is 0. The Balaban J connectivity index is 1.18. The van der Waals surface area contributed by atoms with Crippen LogP contribution in [-0.4, -0.2) is 25.8 Å². The second-order valence-corrected chi connectivity index (χ2v) is 26.5. The molecule has 0 fully saturated rings. The number of carbonyl (C=O) groups is 1. The summed E-state index contributed by atoms with van der Waals surface area (Å²) in [4.78, 5) is 14.1. The van der Waals surface area contributed by atoms with E-state index in [9.17, 15) is 4.79 Å². The number of carbonyl (C=O) groups excluding carboxylic acids is 1. The molecule has 0 heterocycles. The summed E-state index contributed by atoms with van der Waals surface area (Å²) in [6.07, 6.45) is 57.7. The first-order valence-electron chi connectivity index (χ1n) is 38.1. The Kier molecular flexibility index (Phi) is 44.7. The van der Waals surface area contributed by atoms with Gasteiger partial charge in [0.25, 0.3) is 0 Å². The maximum absolute atomic E-state index is 14.1. The first-order chi connectivity index (χ1) is 46.0. The van der Waals surface area contributed by atoms with Crippen molar-refractivity contribution in [3.05, 3.63) is 149 Å². The van der Waals surface area contributed by atoms with Crippen molar-refractivity contribution in [1.82, 2.24) is 0 Å². The molecular weight excluding hydrogens is 1150 g/mol. The van der Waals surface area contributed by atoms with Crippen molar-refractivity contribution in [2.24, 2.45) is 0 Å². The largest absolute Gasteiger partial charge is 0.494 e. The quantitative estimate of drug-likeness (QED) is 0.0281. The summed E-state index contributed by atoms with van der Waals surface area (Å²) >= 11 is 0. The molecule has 0 aliphatic rings. The molecule has 0 amide bonds. The molecule has 0 atom stereocenters. The minimum absolute atomic E-state index is 0.0989. The second kappa shape index (κ2) is 53.4. The summed E-state index contributed by atoms with van der Waals surface area (Å²) in [7, 11) is 0. The Labute approximate surface area is 567 Å². The van der Waals surface area contributed by atoms with Crippen molar-refractivity contribution in [3.8, 4) is 34.5 Å². The number of unbranched alkanes of at least 4 members (excludes halogenated alkanes) is 39. The predicted octanol–water partition coefficient (Wildman–Crippen LogP) is 26.0. The molecule has 8 nitrogen and oxygen atoms in total. The summed E-state index contributed by atoms with van der Waals surface area (Å²) in [5.74, 6) is 3.15. The summed E-state index contributed by atoms with van der Waals surface area (Å²) < 4.78 is 44.6. The lowest BCUT2D eigenvalue weighted by molar-refractivity contribution is 0.0471.